The van der Waals surface area contributed by atoms with Gasteiger partial charge in [0.2, 0.25) is 0 Å². The van der Waals surface area contributed by atoms with Crippen LogP contribution in [0.3, 0.4) is 0 Å². The summed E-state index contributed by atoms with van der Waals surface area (Å²) in [5.41, 5.74) is 2.18. The molecule has 0 atom stereocenters. The molecule has 0 aliphatic carbocycles. The number of Topliss-reactive ketones (excluding diaryl/α,β-unsaturated/α-hetero) is 1. The summed E-state index contributed by atoms with van der Waals surface area (Å²) in [4.78, 5) is 33.0. The number of amides is 1. The second-order valence-corrected chi connectivity index (χ2v) is 7.07. The van der Waals surface area contributed by atoms with Gasteiger partial charge in [0.1, 0.15) is 5.75 Å². The van der Waals surface area contributed by atoms with E-state index in [1.165, 1.54) is 18.7 Å². The number of hydrogen-bond acceptors (Lipinski definition) is 6. The normalized spacial score (nSPS) is 10.4. The molecule has 0 saturated carbocycles. The smallest absolute Gasteiger partial charge is 0.262 e. The van der Waals surface area contributed by atoms with Gasteiger partial charge in [0.05, 0.1) is 0 Å². The molecule has 6 nitrogen and oxygen atoms in total. The van der Waals surface area contributed by atoms with Crippen molar-refractivity contribution >= 4 is 29.1 Å². The van der Waals surface area contributed by atoms with Gasteiger partial charge in [0.25, 0.3) is 5.91 Å². The quantitative estimate of drug-likeness (QED) is 0.480. The average molecular weight is 393 g/mol. The average Bonchev–Trinajstić information content (AvgIpc) is 2.69. The standard InChI is InChI=1S/C21H19N3O3S/c1-14-11-18(28-21-22-9-4-10-23-21)7-8-19(14)24-20(26)13-27-17-6-3-5-16(12-17)15(2)25/h3-12H,13H2,1-2H3,(H,24,26). The molecular weight excluding hydrogens is 374 g/mol. The first kappa shape index (κ1) is 19.6. The maximum Gasteiger partial charge on any atom is 0.262 e. The molecule has 0 unspecified atom stereocenters. The van der Waals surface area contributed by atoms with Gasteiger partial charge in [-0.2, -0.15) is 0 Å². The van der Waals surface area contributed by atoms with Gasteiger partial charge in [0, 0.05) is 28.5 Å². The van der Waals surface area contributed by atoms with Crippen molar-refractivity contribution in [3.05, 3.63) is 72.1 Å². The molecule has 142 valence electrons. The van der Waals surface area contributed by atoms with Crippen molar-refractivity contribution in [2.45, 2.75) is 23.9 Å². The van der Waals surface area contributed by atoms with Gasteiger partial charge < -0.3 is 10.1 Å². The Hall–Kier alpha value is -3.19. The lowest BCUT2D eigenvalue weighted by atomic mass is 10.1. The van der Waals surface area contributed by atoms with Crippen LogP contribution in [0.15, 0.2) is 71.0 Å². The summed E-state index contributed by atoms with van der Waals surface area (Å²) in [6, 6.07) is 14.2. The molecule has 0 fully saturated rings. The SMILES string of the molecule is CC(=O)c1cccc(OCC(=O)Nc2ccc(Sc3ncccn3)cc2C)c1. The Bertz CT molecular complexity index is 993. The van der Waals surface area contributed by atoms with Crippen molar-refractivity contribution in [2.24, 2.45) is 0 Å². The fourth-order valence-corrected chi connectivity index (χ4v) is 3.23. The Morgan fingerprint density at radius 2 is 1.86 bits per heavy atom. The number of rotatable bonds is 7. The lowest BCUT2D eigenvalue weighted by Gasteiger charge is -2.11. The Balaban J connectivity index is 1.58. The zero-order valence-corrected chi connectivity index (χ0v) is 16.3. The Kier molecular flexibility index (Phi) is 6.39. The van der Waals surface area contributed by atoms with Crippen molar-refractivity contribution in [1.29, 1.82) is 0 Å². The summed E-state index contributed by atoms with van der Waals surface area (Å²) in [6.45, 7) is 3.26. The first-order valence-corrected chi connectivity index (χ1v) is 9.42. The van der Waals surface area contributed by atoms with Crippen LogP contribution in [0.2, 0.25) is 0 Å². The fraction of sp³-hybridized carbons (Fsp3) is 0.143. The van der Waals surface area contributed by atoms with E-state index >= 15 is 0 Å². The maximum atomic E-state index is 12.2. The van der Waals surface area contributed by atoms with Crippen molar-refractivity contribution in [2.75, 3.05) is 11.9 Å². The number of carbonyl (C=O) groups excluding carboxylic acids is 2. The van der Waals surface area contributed by atoms with Crippen molar-refractivity contribution < 1.29 is 14.3 Å². The van der Waals surface area contributed by atoms with Gasteiger partial charge in [-0.15, -0.1) is 0 Å². The number of anilines is 1. The number of nitrogens with one attached hydrogen (secondary N) is 1. The third kappa shape index (κ3) is 5.40. The molecule has 0 aliphatic heterocycles. The highest BCUT2D eigenvalue weighted by Gasteiger charge is 2.09. The zero-order chi connectivity index (χ0) is 19.9. The van der Waals surface area contributed by atoms with Crippen LogP contribution in [0.1, 0.15) is 22.8 Å². The largest absolute Gasteiger partial charge is 0.484 e. The predicted octanol–water partition coefficient (Wildman–Crippen LogP) is 4.16. The topological polar surface area (TPSA) is 81.2 Å². The highest BCUT2D eigenvalue weighted by atomic mass is 32.2. The molecule has 3 rings (SSSR count). The van der Waals surface area contributed by atoms with E-state index in [1.807, 2.05) is 25.1 Å². The monoisotopic (exact) mass is 393 g/mol. The van der Waals surface area contributed by atoms with E-state index in [4.69, 9.17) is 4.74 Å². The minimum absolute atomic E-state index is 0.0515. The van der Waals surface area contributed by atoms with E-state index in [0.29, 0.717) is 22.2 Å². The van der Waals surface area contributed by atoms with Crippen LogP contribution >= 0.6 is 11.8 Å². The maximum absolute atomic E-state index is 12.2. The second kappa shape index (κ2) is 9.14. The molecule has 0 saturated heterocycles. The molecular formula is C21H19N3O3S. The molecule has 7 heteroatoms. The van der Waals surface area contributed by atoms with Crippen molar-refractivity contribution in [3.8, 4) is 5.75 Å². The Morgan fingerprint density at radius 1 is 1.07 bits per heavy atom. The van der Waals surface area contributed by atoms with Gasteiger partial charge in [0.15, 0.2) is 17.5 Å². The zero-order valence-electron chi connectivity index (χ0n) is 15.5. The lowest BCUT2D eigenvalue weighted by Crippen LogP contribution is -2.20. The van der Waals surface area contributed by atoms with Crippen LogP contribution in [0.25, 0.3) is 0 Å². The van der Waals surface area contributed by atoms with E-state index in [1.54, 1.807) is 42.7 Å². The van der Waals surface area contributed by atoms with Crippen LogP contribution in [0.4, 0.5) is 5.69 Å². The van der Waals surface area contributed by atoms with E-state index < -0.39 is 0 Å². The first-order chi connectivity index (χ1) is 13.5. The molecule has 1 heterocycles. The van der Waals surface area contributed by atoms with E-state index in [2.05, 4.69) is 15.3 Å². The fourth-order valence-electron chi connectivity index (χ4n) is 2.42. The number of nitrogens with zero attached hydrogens (tertiary/aromatic N) is 2. The minimum atomic E-state index is -0.275. The molecule has 1 amide bonds. The van der Waals surface area contributed by atoms with Crippen LogP contribution < -0.4 is 10.1 Å². The highest BCUT2D eigenvalue weighted by Crippen LogP contribution is 2.27. The Labute approximate surface area is 167 Å². The first-order valence-electron chi connectivity index (χ1n) is 8.60. The summed E-state index contributed by atoms with van der Waals surface area (Å²) in [5.74, 6) is 0.154. The molecule has 2 aromatic carbocycles. The van der Waals surface area contributed by atoms with Gasteiger partial charge >= 0.3 is 0 Å². The van der Waals surface area contributed by atoms with Crippen LogP contribution in [-0.4, -0.2) is 28.3 Å². The second-order valence-electron chi connectivity index (χ2n) is 6.03. The number of benzene rings is 2. The molecule has 3 aromatic rings. The molecule has 1 N–H and O–H groups in total. The van der Waals surface area contributed by atoms with Crippen molar-refractivity contribution in [3.63, 3.8) is 0 Å². The summed E-state index contributed by atoms with van der Waals surface area (Å²) < 4.78 is 5.49. The number of carbonyl (C=O) groups is 2. The van der Waals surface area contributed by atoms with Crippen molar-refractivity contribution in [1.82, 2.24) is 9.97 Å². The lowest BCUT2D eigenvalue weighted by molar-refractivity contribution is -0.118. The minimum Gasteiger partial charge on any atom is -0.484 e. The number of ketones is 1. The summed E-state index contributed by atoms with van der Waals surface area (Å²) >= 11 is 1.45. The molecule has 0 bridgehead atoms. The van der Waals surface area contributed by atoms with Gasteiger partial charge in [-0.05, 0) is 67.6 Å². The predicted molar refractivity (Wildman–Crippen MR) is 108 cm³/mol. The highest BCUT2D eigenvalue weighted by molar-refractivity contribution is 7.99. The molecule has 0 aliphatic rings. The molecule has 28 heavy (non-hydrogen) atoms. The van der Waals surface area contributed by atoms with E-state index in [-0.39, 0.29) is 18.3 Å². The van der Waals surface area contributed by atoms with Crippen LogP contribution in [-0.2, 0) is 4.79 Å². The van der Waals surface area contributed by atoms with Gasteiger partial charge in [-0.3, -0.25) is 9.59 Å². The number of aryl methyl sites for hydroxylation is 1. The van der Waals surface area contributed by atoms with E-state index in [0.717, 1.165) is 10.5 Å². The van der Waals surface area contributed by atoms with Gasteiger partial charge in [-0.25, -0.2) is 9.97 Å². The third-order valence-corrected chi connectivity index (χ3v) is 4.72. The molecule has 1 aromatic heterocycles. The summed E-state index contributed by atoms with van der Waals surface area (Å²) in [6.07, 6.45) is 3.39. The molecule has 0 spiro atoms. The number of aromatic nitrogens is 2. The van der Waals surface area contributed by atoms with Gasteiger partial charge in [-0.1, -0.05) is 12.1 Å². The third-order valence-electron chi connectivity index (χ3n) is 3.83. The van der Waals surface area contributed by atoms with Crippen LogP contribution in [0.5, 0.6) is 5.75 Å². The number of hydrogen-bond donors (Lipinski definition) is 1. The van der Waals surface area contributed by atoms with E-state index in [9.17, 15) is 9.59 Å². The summed E-state index contributed by atoms with van der Waals surface area (Å²) in [5, 5.41) is 3.50. The van der Waals surface area contributed by atoms with Crippen LogP contribution in [0, 0.1) is 6.92 Å². The summed E-state index contributed by atoms with van der Waals surface area (Å²) in [7, 11) is 0. The Morgan fingerprint density at radius 3 is 2.57 bits per heavy atom. The molecule has 0 radical (unpaired) electrons. The number of ether oxygens (including phenoxy) is 1.